The second kappa shape index (κ2) is 6.92. The summed E-state index contributed by atoms with van der Waals surface area (Å²) in [5, 5.41) is 23.2. The number of alkyl halides is 3. The zero-order valence-corrected chi connectivity index (χ0v) is 12.9. The van der Waals surface area contributed by atoms with Crippen molar-refractivity contribution in [2.24, 2.45) is 0 Å². The number of hydrogen-bond donors (Lipinski definition) is 2. The molecule has 0 aliphatic rings. The summed E-state index contributed by atoms with van der Waals surface area (Å²) in [5.74, 6) is -4.60. The van der Waals surface area contributed by atoms with Gasteiger partial charge in [-0.1, -0.05) is 0 Å². The van der Waals surface area contributed by atoms with E-state index in [0.717, 1.165) is 6.20 Å². The second-order valence-electron chi connectivity index (χ2n) is 4.30. The van der Waals surface area contributed by atoms with Crippen molar-refractivity contribution in [2.45, 2.75) is 5.51 Å². The van der Waals surface area contributed by atoms with Crippen molar-refractivity contribution in [3.8, 4) is 11.8 Å². The second-order valence-corrected chi connectivity index (χ2v) is 5.83. The van der Waals surface area contributed by atoms with Crippen LogP contribution in [0.3, 0.4) is 0 Å². The largest absolute Gasteiger partial charge is 0.534 e. The quantitative estimate of drug-likeness (QED) is 0.338. The van der Waals surface area contributed by atoms with E-state index >= 15 is 0 Å². The van der Waals surface area contributed by atoms with Gasteiger partial charge in [0.05, 0.1) is 5.69 Å². The van der Waals surface area contributed by atoms with Gasteiger partial charge in [0.15, 0.2) is 11.6 Å². The lowest BCUT2D eigenvalue weighted by Crippen LogP contribution is -2.28. The minimum atomic E-state index is -6.16. The first-order valence-corrected chi connectivity index (χ1v) is 7.56. The summed E-state index contributed by atoms with van der Waals surface area (Å²) >= 11 is 0. The summed E-state index contributed by atoms with van der Waals surface area (Å²) in [6.07, 6.45) is 0.837. The number of nitrogens with zero attached hydrogens (tertiary/aromatic N) is 4. The summed E-state index contributed by atoms with van der Waals surface area (Å²) in [6.45, 7) is 0. The van der Waals surface area contributed by atoms with Crippen molar-refractivity contribution in [1.29, 1.82) is 5.26 Å². The summed E-state index contributed by atoms with van der Waals surface area (Å²) in [7, 11) is -6.16. The molecule has 0 fully saturated rings. The third-order valence-electron chi connectivity index (χ3n) is 2.58. The Kier molecular flexibility index (Phi) is 5.07. The van der Waals surface area contributed by atoms with Crippen LogP contribution in [0.5, 0.6) is 5.75 Å². The number of anilines is 1. The number of nitrogens with one attached hydrogen (secondary N) is 2. The molecule has 0 saturated heterocycles. The van der Waals surface area contributed by atoms with E-state index in [1.165, 1.54) is 0 Å². The van der Waals surface area contributed by atoms with Crippen molar-refractivity contribution in [3.05, 3.63) is 35.8 Å². The van der Waals surface area contributed by atoms with E-state index in [1.807, 2.05) is 0 Å². The van der Waals surface area contributed by atoms with Gasteiger partial charge in [-0.3, -0.25) is 0 Å². The lowest BCUT2D eigenvalue weighted by Gasteiger charge is -2.12. The molecule has 0 saturated carbocycles. The Morgan fingerprint density at radius 1 is 1.31 bits per heavy atom. The van der Waals surface area contributed by atoms with E-state index in [1.54, 1.807) is 6.07 Å². The summed E-state index contributed by atoms with van der Waals surface area (Å²) in [5.41, 5.74) is -6.77. The first-order chi connectivity index (χ1) is 12.0. The molecule has 0 aliphatic carbocycles. The highest BCUT2D eigenvalue weighted by atomic mass is 32.2. The molecule has 0 radical (unpaired) electrons. The molecular weight excluding hydrogens is 391 g/mol. The van der Waals surface area contributed by atoms with Crippen LogP contribution in [-0.2, 0) is 10.1 Å². The standard InChI is InChI=1S/C11H5F5N6O3S/c12-6-1-7(13)9(25-26(23,24)11(14,15)16)2-8(6)18-4-5(3-17)10-19-21-22-20-10/h1-2,4,18H,(H,19,20,21,22). The molecule has 2 aromatic rings. The fraction of sp³-hybridized carbons (Fsp3) is 0.0909. The topological polar surface area (TPSA) is 134 Å². The van der Waals surface area contributed by atoms with Gasteiger partial charge in [0, 0.05) is 18.3 Å². The zero-order valence-electron chi connectivity index (χ0n) is 12.0. The number of halogens is 5. The van der Waals surface area contributed by atoms with E-state index in [-0.39, 0.29) is 17.5 Å². The van der Waals surface area contributed by atoms with Crippen LogP contribution in [0.25, 0.3) is 5.57 Å². The monoisotopic (exact) mass is 396 g/mol. The average molecular weight is 396 g/mol. The Labute approximate surface area is 141 Å². The fourth-order valence-corrected chi connectivity index (χ4v) is 1.90. The molecule has 138 valence electrons. The van der Waals surface area contributed by atoms with Crippen LogP contribution in [0.2, 0.25) is 0 Å². The Bertz CT molecular complexity index is 981. The average Bonchev–Trinajstić information content (AvgIpc) is 3.05. The van der Waals surface area contributed by atoms with E-state index in [2.05, 4.69) is 30.1 Å². The number of nitriles is 1. The van der Waals surface area contributed by atoms with Gasteiger partial charge in [-0.15, -0.1) is 10.2 Å². The van der Waals surface area contributed by atoms with Crippen LogP contribution in [0, 0.1) is 23.0 Å². The molecule has 0 aliphatic heterocycles. The third kappa shape index (κ3) is 4.03. The van der Waals surface area contributed by atoms with E-state index in [4.69, 9.17) is 5.26 Å². The molecule has 1 aromatic carbocycles. The van der Waals surface area contributed by atoms with Gasteiger partial charge < -0.3 is 9.50 Å². The lowest BCUT2D eigenvalue weighted by atomic mass is 10.2. The van der Waals surface area contributed by atoms with Gasteiger partial charge in [0.1, 0.15) is 17.5 Å². The van der Waals surface area contributed by atoms with Gasteiger partial charge in [-0.05, 0) is 5.21 Å². The fourth-order valence-electron chi connectivity index (χ4n) is 1.44. The van der Waals surface area contributed by atoms with Crippen molar-refractivity contribution in [1.82, 2.24) is 20.6 Å². The molecule has 2 rings (SSSR count). The Balaban J connectivity index is 2.35. The number of rotatable bonds is 5. The molecule has 0 unspecified atom stereocenters. The molecule has 0 atom stereocenters. The van der Waals surface area contributed by atoms with Crippen molar-refractivity contribution >= 4 is 21.4 Å². The smallest absolute Gasteiger partial charge is 0.373 e. The van der Waals surface area contributed by atoms with Crippen LogP contribution >= 0.6 is 0 Å². The van der Waals surface area contributed by atoms with E-state index < -0.39 is 38.7 Å². The van der Waals surface area contributed by atoms with Crippen LogP contribution in [0.15, 0.2) is 18.3 Å². The Morgan fingerprint density at radius 3 is 2.54 bits per heavy atom. The molecule has 0 bridgehead atoms. The van der Waals surface area contributed by atoms with Gasteiger partial charge in [0.2, 0.25) is 5.82 Å². The molecular formula is C11H5F5N6O3S. The molecule has 2 N–H and O–H groups in total. The molecule has 26 heavy (non-hydrogen) atoms. The third-order valence-corrected chi connectivity index (χ3v) is 3.55. The number of benzene rings is 1. The minimum absolute atomic E-state index is 0.0950. The minimum Gasteiger partial charge on any atom is -0.373 e. The number of H-pyrrole nitrogens is 1. The molecule has 1 aromatic heterocycles. The summed E-state index contributed by atoms with van der Waals surface area (Å²) in [6, 6.07) is 2.04. The number of aromatic nitrogens is 4. The number of aromatic amines is 1. The maximum absolute atomic E-state index is 13.7. The molecule has 9 nitrogen and oxygen atoms in total. The van der Waals surface area contributed by atoms with E-state index in [0.29, 0.717) is 6.07 Å². The Hall–Kier alpha value is -3.28. The summed E-state index contributed by atoms with van der Waals surface area (Å²) in [4.78, 5) is 0. The lowest BCUT2D eigenvalue weighted by molar-refractivity contribution is -0.0500. The van der Waals surface area contributed by atoms with E-state index in [9.17, 15) is 30.4 Å². The van der Waals surface area contributed by atoms with Gasteiger partial charge >= 0.3 is 15.6 Å². The van der Waals surface area contributed by atoms with Crippen LogP contribution in [0.1, 0.15) is 5.82 Å². The zero-order chi connectivity index (χ0) is 19.5. The molecule has 0 amide bonds. The summed E-state index contributed by atoms with van der Waals surface area (Å²) < 4.78 is 89.6. The van der Waals surface area contributed by atoms with Gasteiger partial charge in [0.25, 0.3) is 0 Å². The highest BCUT2D eigenvalue weighted by Crippen LogP contribution is 2.31. The van der Waals surface area contributed by atoms with Crippen LogP contribution in [-0.4, -0.2) is 34.6 Å². The maximum atomic E-state index is 13.7. The maximum Gasteiger partial charge on any atom is 0.534 e. The highest BCUT2D eigenvalue weighted by Gasteiger charge is 2.49. The number of hydrogen-bond acceptors (Lipinski definition) is 8. The highest BCUT2D eigenvalue weighted by molar-refractivity contribution is 7.88. The van der Waals surface area contributed by atoms with Crippen molar-refractivity contribution in [3.63, 3.8) is 0 Å². The predicted octanol–water partition coefficient (Wildman–Crippen LogP) is 1.68. The number of allylic oxidation sites excluding steroid dienone is 1. The normalized spacial score (nSPS) is 12.5. The molecule has 1 heterocycles. The van der Waals surface area contributed by atoms with Crippen LogP contribution in [0.4, 0.5) is 27.6 Å². The molecule has 0 spiro atoms. The first-order valence-electron chi connectivity index (χ1n) is 6.15. The molecule has 15 heteroatoms. The van der Waals surface area contributed by atoms with Crippen LogP contribution < -0.4 is 9.50 Å². The van der Waals surface area contributed by atoms with Gasteiger partial charge in [-0.25, -0.2) is 8.78 Å². The van der Waals surface area contributed by atoms with Crippen molar-refractivity contribution in [2.75, 3.05) is 5.32 Å². The van der Waals surface area contributed by atoms with Crippen molar-refractivity contribution < 1.29 is 34.6 Å². The SMILES string of the molecule is N#CC(=CNc1cc(OS(=O)(=O)C(F)(F)F)c(F)cc1F)c1nn[nH]n1. The first kappa shape index (κ1) is 19.1. The Morgan fingerprint density at radius 2 is 2.00 bits per heavy atom. The number of tetrazole rings is 1. The predicted molar refractivity (Wildman–Crippen MR) is 73.4 cm³/mol. The van der Waals surface area contributed by atoms with Gasteiger partial charge in [-0.2, -0.15) is 32.1 Å².